The standard InChI is InChI=1S/C19H24N4O2/c24-18-16(5-2-8-21-18)19(25)22-10-6-15(7-11-22)17-20-9-12-23(17)13-14-3-1-4-14/h2,5,8-9,12,14-15H,1,3-4,6-7,10-11,13H2,(H,21,24). The largest absolute Gasteiger partial charge is 0.338 e. The van der Waals surface area contributed by atoms with Gasteiger partial charge in [0, 0.05) is 44.1 Å². The number of aromatic amines is 1. The highest BCUT2D eigenvalue weighted by atomic mass is 16.2. The summed E-state index contributed by atoms with van der Waals surface area (Å²) >= 11 is 0. The van der Waals surface area contributed by atoms with Crippen molar-refractivity contribution in [1.29, 1.82) is 0 Å². The highest BCUT2D eigenvalue weighted by molar-refractivity contribution is 5.93. The molecule has 2 aromatic rings. The van der Waals surface area contributed by atoms with Crippen molar-refractivity contribution in [3.05, 3.63) is 52.5 Å². The molecule has 6 heteroatoms. The van der Waals surface area contributed by atoms with E-state index in [1.54, 1.807) is 23.2 Å². The van der Waals surface area contributed by atoms with Gasteiger partial charge in [0.05, 0.1) is 0 Å². The van der Waals surface area contributed by atoms with Crippen molar-refractivity contribution in [3.63, 3.8) is 0 Å². The number of H-pyrrole nitrogens is 1. The van der Waals surface area contributed by atoms with Crippen LogP contribution in [0.3, 0.4) is 0 Å². The molecule has 6 nitrogen and oxygen atoms in total. The fourth-order valence-corrected chi connectivity index (χ4v) is 3.89. The summed E-state index contributed by atoms with van der Waals surface area (Å²) in [5, 5.41) is 0. The van der Waals surface area contributed by atoms with Crippen molar-refractivity contribution in [3.8, 4) is 0 Å². The van der Waals surface area contributed by atoms with Gasteiger partial charge in [0.25, 0.3) is 11.5 Å². The van der Waals surface area contributed by atoms with E-state index in [1.165, 1.54) is 19.3 Å². The summed E-state index contributed by atoms with van der Waals surface area (Å²) in [5.41, 5.74) is -0.0851. The van der Waals surface area contributed by atoms with Gasteiger partial charge in [-0.2, -0.15) is 0 Å². The molecule has 1 amide bonds. The SMILES string of the molecule is O=C(c1ccc[nH]c1=O)N1CCC(c2nccn2CC2CCC2)CC1. The van der Waals surface area contributed by atoms with Gasteiger partial charge >= 0.3 is 0 Å². The van der Waals surface area contributed by atoms with Crippen LogP contribution in [0, 0.1) is 5.92 Å². The van der Waals surface area contributed by atoms with Crippen molar-refractivity contribution >= 4 is 5.91 Å². The average molecular weight is 340 g/mol. The van der Waals surface area contributed by atoms with Gasteiger partial charge in [-0.05, 0) is 43.7 Å². The molecule has 0 bridgehead atoms. The van der Waals surface area contributed by atoms with Crippen LogP contribution in [0.5, 0.6) is 0 Å². The number of nitrogens with zero attached hydrogens (tertiary/aromatic N) is 3. The number of nitrogens with one attached hydrogen (secondary N) is 1. The van der Waals surface area contributed by atoms with Gasteiger partial charge in [-0.3, -0.25) is 9.59 Å². The molecule has 2 aliphatic rings. The highest BCUT2D eigenvalue weighted by Gasteiger charge is 2.28. The third-order valence-electron chi connectivity index (χ3n) is 5.62. The smallest absolute Gasteiger partial charge is 0.260 e. The molecule has 4 rings (SSSR count). The summed E-state index contributed by atoms with van der Waals surface area (Å²) in [6, 6.07) is 3.29. The van der Waals surface area contributed by atoms with Crippen LogP contribution in [0.25, 0.3) is 0 Å². The lowest BCUT2D eigenvalue weighted by molar-refractivity contribution is 0.0708. The second-order valence-corrected chi connectivity index (χ2v) is 7.21. The van der Waals surface area contributed by atoms with E-state index in [-0.39, 0.29) is 17.0 Å². The molecule has 0 atom stereocenters. The Morgan fingerprint density at radius 1 is 1.24 bits per heavy atom. The maximum Gasteiger partial charge on any atom is 0.260 e. The van der Waals surface area contributed by atoms with E-state index >= 15 is 0 Å². The predicted molar refractivity (Wildman–Crippen MR) is 94.5 cm³/mol. The van der Waals surface area contributed by atoms with Gasteiger partial charge in [0.15, 0.2) is 0 Å². The fraction of sp³-hybridized carbons (Fsp3) is 0.526. The first-order valence-electron chi connectivity index (χ1n) is 9.20. The van der Waals surface area contributed by atoms with E-state index in [4.69, 9.17) is 0 Å². The van der Waals surface area contributed by atoms with Gasteiger partial charge in [-0.15, -0.1) is 0 Å². The zero-order valence-electron chi connectivity index (χ0n) is 14.4. The van der Waals surface area contributed by atoms with Gasteiger partial charge in [0.2, 0.25) is 0 Å². The van der Waals surface area contributed by atoms with E-state index in [9.17, 15) is 9.59 Å². The molecule has 25 heavy (non-hydrogen) atoms. The number of aromatic nitrogens is 3. The summed E-state index contributed by atoms with van der Waals surface area (Å²) in [5.74, 6) is 2.20. The molecule has 2 aromatic heterocycles. The molecule has 1 saturated carbocycles. The first-order valence-corrected chi connectivity index (χ1v) is 9.20. The minimum atomic E-state index is -0.314. The van der Waals surface area contributed by atoms with Crippen LogP contribution in [-0.2, 0) is 6.54 Å². The normalized spacial score (nSPS) is 19.0. The molecule has 2 fully saturated rings. The maximum atomic E-state index is 12.6. The summed E-state index contributed by atoms with van der Waals surface area (Å²) < 4.78 is 2.31. The molecule has 132 valence electrons. The number of imidazole rings is 1. The van der Waals surface area contributed by atoms with Gasteiger partial charge < -0.3 is 14.5 Å². The Morgan fingerprint density at radius 3 is 2.72 bits per heavy atom. The lowest BCUT2D eigenvalue weighted by atomic mass is 9.85. The molecular weight excluding hydrogens is 316 g/mol. The van der Waals surface area contributed by atoms with Crippen molar-refractivity contribution in [2.24, 2.45) is 5.92 Å². The Hall–Kier alpha value is -2.37. The zero-order chi connectivity index (χ0) is 17.2. The third kappa shape index (κ3) is 3.25. The lowest BCUT2D eigenvalue weighted by Gasteiger charge is -2.33. The number of carbonyl (C=O) groups excluding carboxylic acids is 1. The Morgan fingerprint density at radius 2 is 2.04 bits per heavy atom. The monoisotopic (exact) mass is 340 g/mol. The maximum absolute atomic E-state index is 12.6. The summed E-state index contributed by atoms with van der Waals surface area (Å²) in [6.07, 6.45) is 11.4. The number of likely N-dealkylation sites (tertiary alicyclic amines) is 1. The van der Waals surface area contributed by atoms with Crippen molar-refractivity contribution in [2.75, 3.05) is 13.1 Å². The summed E-state index contributed by atoms with van der Waals surface area (Å²) in [7, 11) is 0. The topological polar surface area (TPSA) is 71.0 Å². The Bertz CT molecular complexity index is 798. The Kier molecular flexibility index (Phi) is 4.42. The number of rotatable bonds is 4. The van der Waals surface area contributed by atoms with Crippen LogP contribution >= 0.6 is 0 Å². The van der Waals surface area contributed by atoms with Gasteiger partial charge in [0.1, 0.15) is 11.4 Å². The number of pyridine rings is 1. The minimum Gasteiger partial charge on any atom is -0.338 e. The fourth-order valence-electron chi connectivity index (χ4n) is 3.89. The lowest BCUT2D eigenvalue weighted by Crippen LogP contribution is -2.40. The van der Waals surface area contributed by atoms with Gasteiger partial charge in [-0.1, -0.05) is 6.42 Å². The third-order valence-corrected chi connectivity index (χ3v) is 5.62. The molecular formula is C19H24N4O2. The second-order valence-electron chi connectivity index (χ2n) is 7.21. The number of amides is 1. The molecule has 0 unspecified atom stereocenters. The van der Waals surface area contributed by atoms with E-state index < -0.39 is 0 Å². The van der Waals surface area contributed by atoms with Crippen molar-refractivity contribution < 1.29 is 4.79 Å². The Balaban J connectivity index is 1.40. The van der Waals surface area contributed by atoms with Crippen LogP contribution < -0.4 is 5.56 Å². The van der Waals surface area contributed by atoms with E-state index in [2.05, 4.69) is 20.7 Å². The first-order chi connectivity index (χ1) is 12.2. The van der Waals surface area contributed by atoms with Crippen LogP contribution in [0.1, 0.15) is 54.2 Å². The molecule has 3 heterocycles. The van der Waals surface area contributed by atoms with Crippen LogP contribution in [0.4, 0.5) is 0 Å². The van der Waals surface area contributed by atoms with Crippen molar-refractivity contribution in [2.45, 2.75) is 44.6 Å². The number of piperidine rings is 1. The number of hydrogen-bond acceptors (Lipinski definition) is 3. The van der Waals surface area contributed by atoms with Crippen LogP contribution in [0.15, 0.2) is 35.5 Å². The van der Waals surface area contributed by atoms with E-state index in [1.807, 2.05) is 6.20 Å². The molecule has 0 radical (unpaired) electrons. The van der Waals surface area contributed by atoms with Crippen LogP contribution in [0.2, 0.25) is 0 Å². The first kappa shape index (κ1) is 16.1. The summed E-state index contributed by atoms with van der Waals surface area (Å²) in [4.78, 5) is 33.3. The number of carbonyl (C=O) groups is 1. The average Bonchev–Trinajstić information content (AvgIpc) is 3.06. The van der Waals surface area contributed by atoms with Crippen LogP contribution in [-0.4, -0.2) is 38.4 Å². The quantitative estimate of drug-likeness (QED) is 0.929. The van der Waals surface area contributed by atoms with Crippen molar-refractivity contribution in [1.82, 2.24) is 19.4 Å². The van der Waals surface area contributed by atoms with Gasteiger partial charge in [-0.25, -0.2) is 4.98 Å². The highest BCUT2D eigenvalue weighted by Crippen LogP contribution is 2.31. The minimum absolute atomic E-state index is 0.168. The molecule has 1 N–H and O–H groups in total. The van der Waals surface area contributed by atoms with E-state index in [0.29, 0.717) is 19.0 Å². The molecule has 0 spiro atoms. The molecule has 0 aromatic carbocycles. The second kappa shape index (κ2) is 6.86. The summed E-state index contributed by atoms with van der Waals surface area (Å²) in [6.45, 7) is 2.43. The molecule has 1 aliphatic carbocycles. The zero-order valence-corrected chi connectivity index (χ0v) is 14.4. The number of hydrogen-bond donors (Lipinski definition) is 1. The molecule has 1 saturated heterocycles. The molecule has 1 aliphatic heterocycles. The van der Waals surface area contributed by atoms with E-state index in [0.717, 1.165) is 31.1 Å². The Labute approximate surface area is 146 Å². The predicted octanol–water partition coefficient (Wildman–Crippen LogP) is 2.39.